The molecule has 0 unspecified atom stereocenters. The molecule has 1 aliphatic rings. The summed E-state index contributed by atoms with van der Waals surface area (Å²) in [7, 11) is 1.59. The summed E-state index contributed by atoms with van der Waals surface area (Å²) in [6.45, 7) is 1.76. The number of ether oxygens (including phenoxy) is 1. The predicted molar refractivity (Wildman–Crippen MR) is 75.2 cm³/mol. The fourth-order valence-corrected chi connectivity index (χ4v) is 2.29. The van der Waals surface area contributed by atoms with Crippen molar-refractivity contribution in [3.63, 3.8) is 0 Å². The SMILES string of the molecule is COc1cccc([C@H]2C=C(C(=O)O)Nc3nc(C)nn32)c1. The second kappa shape index (κ2) is 4.93. The van der Waals surface area contributed by atoms with Gasteiger partial charge in [0.15, 0.2) is 0 Å². The van der Waals surface area contributed by atoms with Crippen molar-refractivity contribution >= 4 is 11.9 Å². The van der Waals surface area contributed by atoms with Gasteiger partial charge in [-0.05, 0) is 30.7 Å². The number of fused-ring (bicyclic) bond motifs is 1. The Bertz CT molecular complexity index is 736. The van der Waals surface area contributed by atoms with E-state index in [4.69, 9.17) is 4.74 Å². The normalized spacial score (nSPS) is 16.7. The van der Waals surface area contributed by atoms with Gasteiger partial charge in [-0.3, -0.25) is 0 Å². The first kappa shape index (κ1) is 13.2. The van der Waals surface area contributed by atoms with Gasteiger partial charge in [-0.2, -0.15) is 10.1 Å². The van der Waals surface area contributed by atoms with Crippen LogP contribution in [0, 0.1) is 6.92 Å². The largest absolute Gasteiger partial charge is 0.497 e. The number of nitrogens with one attached hydrogen (secondary N) is 1. The summed E-state index contributed by atoms with van der Waals surface area (Å²) >= 11 is 0. The summed E-state index contributed by atoms with van der Waals surface area (Å²) in [6, 6.07) is 7.10. The van der Waals surface area contributed by atoms with Gasteiger partial charge in [-0.15, -0.1) is 0 Å². The first-order valence-corrected chi connectivity index (χ1v) is 6.37. The molecule has 1 aromatic carbocycles. The van der Waals surface area contributed by atoms with Crippen LogP contribution < -0.4 is 10.1 Å². The molecule has 0 bridgehead atoms. The molecule has 2 heterocycles. The third-order valence-corrected chi connectivity index (χ3v) is 3.24. The molecule has 0 amide bonds. The number of carbonyl (C=O) groups is 1. The quantitative estimate of drug-likeness (QED) is 0.890. The van der Waals surface area contributed by atoms with Crippen LogP contribution in [0.25, 0.3) is 0 Å². The minimum atomic E-state index is -1.03. The average molecular weight is 286 g/mol. The first-order chi connectivity index (χ1) is 10.1. The van der Waals surface area contributed by atoms with Gasteiger partial charge in [0.1, 0.15) is 23.3 Å². The number of carboxylic acids is 1. The summed E-state index contributed by atoms with van der Waals surface area (Å²) in [5.74, 6) is 0.662. The number of rotatable bonds is 3. The van der Waals surface area contributed by atoms with E-state index in [0.29, 0.717) is 17.5 Å². The molecule has 3 rings (SSSR count). The maximum atomic E-state index is 11.3. The zero-order chi connectivity index (χ0) is 15.0. The number of nitrogens with zero attached hydrogens (tertiary/aromatic N) is 3. The number of aromatic nitrogens is 3. The van der Waals surface area contributed by atoms with Crippen molar-refractivity contribution in [3.8, 4) is 5.75 Å². The van der Waals surface area contributed by atoms with E-state index in [1.807, 2.05) is 24.3 Å². The molecule has 0 spiro atoms. The molecule has 1 atom stereocenters. The molecule has 1 aliphatic heterocycles. The highest BCUT2D eigenvalue weighted by Gasteiger charge is 2.26. The number of methoxy groups -OCH3 is 1. The number of benzene rings is 1. The summed E-state index contributed by atoms with van der Waals surface area (Å²) in [5.41, 5.74) is 0.962. The van der Waals surface area contributed by atoms with Crippen molar-refractivity contribution in [1.29, 1.82) is 0 Å². The lowest BCUT2D eigenvalue weighted by molar-refractivity contribution is -0.132. The molecule has 7 nitrogen and oxygen atoms in total. The van der Waals surface area contributed by atoms with Gasteiger partial charge in [-0.1, -0.05) is 12.1 Å². The number of aliphatic carboxylic acids is 1. The van der Waals surface area contributed by atoms with E-state index in [9.17, 15) is 9.90 Å². The van der Waals surface area contributed by atoms with E-state index in [2.05, 4.69) is 15.4 Å². The predicted octanol–water partition coefficient (Wildman–Crippen LogP) is 1.58. The summed E-state index contributed by atoms with van der Waals surface area (Å²) in [5, 5.41) is 16.3. The van der Waals surface area contributed by atoms with Gasteiger partial charge >= 0.3 is 5.97 Å². The van der Waals surface area contributed by atoms with Gasteiger partial charge in [0.05, 0.1) is 7.11 Å². The molecule has 1 aromatic heterocycles. The zero-order valence-corrected chi connectivity index (χ0v) is 11.6. The second-order valence-corrected chi connectivity index (χ2v) is 4.66. The van der Waals surface area contributed by atoms with Crippen molar-refractivity contribution in [2.24, 2.45) is 0 Å². The Labute approximate surface area is 120 Å². The lowest BCUT2D eigenvalue weighted by atomic mass is 10.0. The first-order valence-electron chi connectivity index (χ1n) is 6.37. The van der Waals surface area contributed by atoms with Crippen LogP contribution in [0.15, 0.2) is 36.0 Å². The molecule has 0 saturated heterocycles. The molecule has 0 fully saturated rings. The molecule has 2 aromatic rings. The van der Waals surface area contributed by atoms with E-state index in [-0.39, 0.29) is 11.7 Å². The fraction of sp³-hybridized carbons (Fsp3) is 0.214. The Morgan fingerprint density at radius 1 is 1.48 bits per heavy atom. The Kier molecular flexibility index (Phi) is 3.09. The van der Waals surface area contributed by atoms with Crippen molar-refractivity contribution in [2.75, 3.05) is 12.4 Å². The van der Waals surface area contributed by atoms with Crippen LogP contribution in [-0.4, -0.2) is 33.0 Å². The van der Waals surface area contributed by atoms with Gasteiger partial charge in [-0.25, -0.2) is 9.48 Å². The molecule has 0 radical (unpaired) electrons. The van der Waals surface area contributed by atoms with Crippen LogP contribution in [0.1, 0.15) is 17.4 Å². The topological polar surface area (TPSA) is 89.3 Å². The molecule has 7 heteroatoms. The Hall–Kier alpha value is -2.83. The molecule has 21 heavy (non-hydrogen) atoms. The number of carboxylic acid groups (broad SMARTS) is 1. The van der Waals surface area contributed by atoms with E-state index in [1.54, 1.807) is 24.8 Å². The monoisotopic (exact) mass is 286 g/mol. The lowest BCUT2D eigenvalue weighted by Crippen LogP contribution is -2.24. The van der Waals surface area contributed by atoms with Gasteiger partial charge in [0.2, 0.25) is 5.95 Å². The highest BCUT2D eigenvalue weighted by molar-refractivity contribution is 5.90. The van der Waals surface area contributed by atoms with Crippen molar-refractivity contribution in [2.45, 2.75) is 13.0 Å². The van der Waals surface area contributed by atoms with Crippen LogP contribution in [0.4, 0.5) is 5.95 Å². The van der Waals surface area contributed by atoms with E-state index < -0.39 is 5.97 Å². The van der Waals surface area contributed by atoms with Gasteiger partial charge in [0.25, 0.3) is 0 Å². The Morgan fingerprint density at radius 2 is 2.29 bits per heavy atom. The van der Waals surface area contributed by atoms with Crippen LogP contribution in [0.5, 0.6) is 5.75 Å². The minimum Gasteiger partial charge on any atom is -0.497 e. The van der Waals surface area contributed by atoms with E-state index in [0.717, 1.165) is 5.56 Å². The highest BCUT2D eigenvalue weighted by Crippen LogP contribution is 2.30. The van der Waals surface area contributed by atoms with Crippen molar-refractivity contribution in [3.05, 3.63) is 47.4 Å². The average Bonchev–Trinajstić information content (AvgIpc) is 2.86. The number of hydrogen-bond donors (Lipinski definition) is 2. The number of hydrogen-bond acceptors (Lipinski definition) is 5. The minimum absolute atomic E-state index is 0.0859. The highest BCUT2D eigenvalue weighted by atomic mass is 16.5. The van der Waals surface area contributed by atoms with Crippen LogP contribution in [-0.2, 0) is 4.79 Å². The van der Waals surface area contributed by atoms with E-state index >= 15 is 0 Å². The van der Waals surface area contributed by atoms with Crippen LogP contribution in [0.3, 0.4) is 0 Å². The maximum Gasteiger partial charge on any atom is 0.352 e. The van der Waals surface area contributed by atoms with Crippen molar-refractivity contribution < 1.29 is 14.6 Å². The Balaban J connectivity index is 2.11. The molecule has 2 N–H and O–H groups in total. The van der Waals surface area contributed by atoms with Crippen LogP contribution in [0.2, 0.25) is 0 Å². The number of allylic oxidation sites excluding steroid dienone is 1. The van der Waals surface area contributed by atoms with Crippen molar-refractivity contribution in [1.82, 2.24) is 14.8 Å². The maximum absolute atomic E-state index is 11.3. The second-order valence-electron chi connectivity index (χ2n) is 4.66. The zero-order valence-electron chi connectivity index (χ0n) is 11.6. The summed E-state index contributed by atoms with van der Waals surface area (Å²) in [6.07, 6.45) is 1.61. The standard InChI is InChI=1S/C14H14N4O3/c1-8-15-14-16-11(13(19)20)7-12(18(14)17-8)9-4-3-5-10(6-9)21-2/h3-7,12H,1-2H3,(H,19,20)(H,15,16,17)/t12-/m1/s1. The lowest BCUT2D eigenvalue weighted by Gasteiger charge is -2.22. The number of aryl methyl sites for hydroxylation is 1. The van der Waals surface area contributed by atoms with E-state index in [1.165, 1.54) is 0 Å². The Morgan fingerprint density at radius 3 is 3.00 bits per heavy atom. The summed E-state index contributed by atoms with van der Waals surface area (Å²) < 4.78 is 6.88. The van der Waals surface area contributed by atoms with Gasteiger partial charge < -0.3 is 15.2 Å². The van der Waals surface area contributed by atoms with Gasteiger partial charge in [0, 0.05) is 0 Å². The van der Waals surface area contributed by atoms with Crippen LogP contribution >= 0.6 is 0 Å². The number of anilines is 1. The molecule has 0 saturated carbocycles. The fourth-order valence-electron chi connectivity index (χ4n) is 2.29. The molecule has 108 valence electrons. The molecular formula is C14H14N4O3. The molecular weight excluding hydrogens is 272 g/mol. The third-order valence-electron chi connectivity index (χ3n) is 3.24. The smallest absolute Gasteiger partial charge is 0.352 e. The summed E-state index contributed by atoms with van der Waals surface area (Å²) in [4.78, 5) is 15.5. The molecule has 0 aliphatic carbocycles. The third kappa shape index (κ3) is 2.33.